The molecule has 4 rings (SSSR count). The third-order valence-electron chi connectivity index (χ3n) is 7.29. The molecule has 3 aromatic rings. The third-order valence-corrected chi connectivity index (χ3v) is 7.52. The van der Waals surface area contributed by atoms with Crippen LogP contribution in [0.5, 0.6) is 11.5 Å². The van der Waals surface area contributed by atoms with Crippen molar-refractivity contribution in [3.8, 4) is 11.5 Å². The maximum Gasteiger partial charge on any atom is 0.335 e. The standard InChI is InChI=1S/C32H33ClN2O6/c1-3-21(22-8-7-9-24(16-22)32(38)39)19-30(36)35-20-27(34-41-28-10-5-4-6-11-28)14-12-23(31(35)37)17-25-18-26(33)13-15-29(25)40-2/h4-11,13,15-16,18,21,23H,3,12,14,17,19-20H2,1-2H3,(H,38,39)/b34-27+/t21-,23?/m0/s1. The summed E-state index contributed by atoms with van der Waals surface area (Å²) in [5, 5.41) is 14.3. The van der Waals surface area contributed by atoms with Gasteiger partial charge in [0.15, 0.2) is 5.75 Å². The summed E-state index contributed by atoms with van der Waals surface area (Å²) < 4.78 is 5.50. The number of methoxy groups -OCH3 is 1. The summed E-state index contributed by atoms with van der Waals surface area (Å²) in [6.07, 6.45) is 1.92. The zero-order valence-corrected chi connectivity index (χ0v) is 23.8. The number of carbonyl (C=O) groups excluding carboxylic acids is 2. The van der Waals surface area contributed by atoms with Crippen LogP contribution in [0.3, 0.4) is 0 Å². The molecule has 1 heterocycles. The largest absolute Gasteiger partial charge is 0.496 e. The molecular formula is C32H33ClN2O6. The summed E-state index contributed by atoms with van der Waals surface area (Å²) in [7, 11) is 1.56. The molecule has 1 saturated heterocycles. The maximum atomic E-state index is 13.9. The number of imide groups is 1. The van der Waals surface area contributed by atoms with E-state index in [0.717, 1.165) is 11.1 Å². The van der Waals surface area contributed by atoms with Crippen molar-refractivity contribution in [2.24, 2.45) is 11.1 Å². The second-order valence-corrected chi connectivity index (χ2v) is 10.5. The van der Waals surface area contributed by atoms with Crippen molar-refractivity contribution in [2.45, 2.75) is 44.9 Å². The second-order valence-electron chi connectivity index (χ2n) is 10.0. The Hall–Kier alpha value is -4.17. The summed E-state index contributed by atoms with van der Waals surface area (Å²) in [6, 6.07) is 20.9. The van der Waals surface area contributed by atoms with Gasteiger partial charge in [-0.15, -0.1) is 0 Å². The van der Waals surface area contributed by atoms with Gasteiger partial charge in [0.1, 0.15) is 5.75 Å². The van der Waals surface area contributed by atoms with E-state index >= 15 is 0 Å². The van der Waals surface area contributed by atoms with Gasteiger partial charge >= 0.3 is 5.97 Å². The molecule has 2 amide bonds. The fraction of sp³-hybridized carbons (Fsp3) is 0.312. The van der Waals surface area contributed by atoms with Gasteiger partial charge in [0.25, 0.3) is 0 Å². The fourth-order valence-electron chi connectivity index (χ4n) is 5.01. The van der Waals surface area contributed by atoms with Gasteiger partial charge in [0.2, 0.25) is 11.8 Å². The molecule has 0 bridgehead atoms. The van der Waals surface area contributed by atoms with Gasteiger partial charge in [-0.25, -0.2) is 4.79 Å². The van der Waals surface area contributed by atoms with Gasteiger partial charge < -0.3 is 14.7 Å². The number of carbonyl (C=O) groups is 3. The fourth-order valence-corrected chi connectivity index (χ4v) is 5.21. The summed E-state index contributed by atoms with van der Waals surface area (Å²) >= 11 is 6.25. The molecule has 1 aliphatic heterocycles. The van der Waals surface area contributed by atoms with Gasteiger partial charge in [0.05, 0.1) is 24.9 Å². The molecule has 9 heteroatoms. The number of halogens is 1. The maximum absolute atomic E-state index is 13.9. The second kappa shape index (κ2) is 13.9. The zero-order chi connectivity index (χ0) is 29.4. The number of carboxylic acids is 1. The number of nitrogens with zero attached hydrogens (tertiary/aromatic N) is 2. The Morgan fingerprint density at radius 1 is 1.10 bits per heavy atom. The van der Waals surface area contributed by atoms with E-state index in [1.165, 1.54) is 11.0 Å². The highest BCUT2D eigenvalue weighted by molar-refractivity contribution is 6.30. The highest BCUT2D eigenvalue weighted by atomic mass is 35.5. The number of hydrogen-bond acceptors (Lipinski definition) is 6. The first kappa shape index (κ1) is 29.8. The highest BCUT2D eigenvalue weighted by Crippen LogP contribution is 2.31. The Morgan fingerprint density at radius 2 is 1.88 bits per heavy atom. The molecule has 8 nitrogen and oxygen atoms in total. The molecule has 1 N–H and O–H groups in total. The van der Waals surface area contributed by atoms with Crippen LogP contribution >= 0.6 is 11.6 Å². The van der Waals surface area contributed by atoms with E-state index in [9.17, 15) is 19.5 Å². The van der Waals surface area contributed by atoms with E-state index in [-0.39, 0.29) is 36.3 Å². The number of aromatic carboxylic acids is 1. The van der Waals surface area contributed by atoms with Crippen LogP contribution in [0.15, 0.2) is 78.0 Å². The number of hydrogen-bond donors (Lipinski definition) is 1. The number of amides is 2. The predicted octanol–water partition coefficient (Wildman–Crippen LogP) is 6.37. The monoisotopic (exact) mass is 576 g/mol. The van der Waals surface area contributed by atoms with Crippen molar-refractivity contribution in [1.29, 1.82) is 0 Å². The molecular weight excluding hydrogens is 544 g/mol. The molecule has 0 saturated carbocycles. The topological polar surface area (TPSA) is 106 Å². The number of likely N-dealkylation sites (tertiary alicyclic amines) is 1. The summed E-state index contributed by atoms with van der Waals surface area (Å²) in [5.41, 5.74) is 2.26. The lowest BCUT2D eigenvalue weighted by molar-refractivity contribution is -0.146. The Morgan fingerprint density at radius 3 is 2.59 bits per heavy atom. The van der Waals surface area contributed by atoms with Crippen LogP contribution in [0.1, 0.15) is 60.0 Å². The summed E-state index contributed by atoms with van der Waals surface area (Å²) in [4.78, 5) is 46.1. The number of benzene rings is 3. The molecule has 1 unspecified atom stereocenters. The molecule has 41 heavy (non-hydrogen) atoms. The van der Waals surface area contributed by atoms with Crippen LogP contribution in [-0.2, 0) is 16.0 Å². The van der Waals surface area contributed by atoms with Gasteiger partial charge in [-0.1, -0.05) is 54.0 Å². The van der Waals surface area contributed by atoms with Gasteiger partial charge in [-0.2, -0.15) is 0 Å². The lowest BCUT2D eigenvalue weighted by atomic mass is 9.91. The van der Waals surface area contributed by atoms with Crippen LogP contribution < -0.4 is 9.57 Å². The average molecular weight is 577 g/mol. The molecule has 0 aromatic heterocycles. The normalized spacial score (nSPS) is 17.1. The predicted molar refractivity (Wildman–Crippen MR) is 157 cm³/mol. The Labute approximate surface area is 244 Å². The quantitative estimate of drug-likeness (QED) is 0.281. The van der Waals surface area contributed by atoms with E-state index in [4.69, 9.17) is 21.2 Å². The molecule has 2 atom stereocenters. The molecule has 1 fully saturated rings. The van der Waals surface area contributed by atoms with Crippen molar-refractivity contribution < 1.29 is 29.1 Å². The molecule has 0 aliphatic carbocycles. The minimum Gasteiger partial charge on any atom is -0.496 e. The van der Waals surface area contributed by atoms with Gasteiger partial charge in [-0.3, -0.25) is 14.5 Å². The van der Waals surface area contributed by atoms with E-state index < -0.39 is 11.9 Å². The lowest BCUT2D eigenvalue weighted by Gasteiger charge is -2.25. The highest BCUT2D eigenvalue weighted by Gasteiger charge is 2.35. The molecule has 1 aliphatic rings. The Kier molecular flexibility index (Phi) is 10.1. The van der Waals surface area contributed by atoms with Gasteiger partial charge in [-0.05, 0) is 85.2 Å². The first-order valence-corrected chi connectivity index (χ1v) is 13.9. The number of ether oxygens (including phenoxy) is 1. The Bertz CT molecular complexity index is 1420. The third kappa shape index (κ3) is 7.73. The van der Waals surface area contributed by atoms with E-state index in [0.29, 0.717) is 47.9 Å². The van der Waals surface area contributed by atoms with Crippen molar-refractivity contribution in [3.05, 3.63) is 94.5 Å². The van der Waals surface area contributed by atoms with Crippen molar-refractivity contribution in [2.75, 3.05) is 13.7 Å². The van der Waals surface area contributed by atoms with E-state index in [1.54, 1.807) is 49.6 Å². The smallest absolute Gasteiger partial charge is 0.335 e. The number of carboxylic acid groups (broad SMARTS) is 1. The number of oxime groups is 1. The molecule has 214 valence electrons. The molecule has 0 radical (unpaired) electrons. The average Bonchev–Trinajstić information content (AvgIpc) is 3.14. The van der Waals surface area contributed by atoms with Crippen molar-refractivity contribution >= 4 is 35.1 Å². The van der Waals surface area contributed by atoms with Crippen molar-refractivity contribution in [3.63, 3.8) is 0 Å². The van der Waals surface area contributed by atoms with Crippen molar-refractivity contribution in [1.82, 2.24) is 4.90 Å². The number of para-hydroxylation sites is 1. The van der Waals surface area contributed by atoms with E-state index in [1.807, 2.05) is 31.2 Å². The number of rotatable bonds is 10. The van der Waals surface area contributed by atoms with Gasteiger partial charge in [0, 0.05) is 17.4 Å². The minimum atomic E-state index is -1.03. The molecule has 3 aromatic carbocycles. The van der Waals surface area contributed by atoms with Crippen LogP contribution in [0.25, 0.3) is 0 Å². The first-order chi connectivity index (χ1) is 19.8. The van der Waals surface area contributed by atoms with E-state index in [2.05, 4.69) is 5.16 Å². The SMILES string of the molecule is CC[C@@H](CC(=O)N1C/C(=N/Oc2ccccc2)CCC(Cc2cc(Cl)ccc2OC)C1=O)c1cccc(C(=O)O)c1. The zero-order valence-electron chi connectivity index (χ0n) is 23.1. The minimum absolute atomic E-state index is 0.0132. The van der Waals surface area contributed by atoms with Crippen LogP contribution in [0.4, 0.5) is 0 Å². The van der Waals surface area contributed by atoms with Crippen LogP contribution in [0.2, 0.25) is 5.02 Å². The lowest BCUT2D eigenvalue weighted by Crippen LogP contribution is -2.42. The first-order valence-electron chi connectivity index (χ1n) is 13.6. The summed E-state index contributed by atoms with van der Waals surface area (Å²) in [6.45, 7) is 1.95. The molecule has 0 spiro atoms. The van der Waals surface area contributed by atoms with Crippen LogP contribution in [0, 0.1) is 5.92 Å². The van der Waals surface area contributed by atoms with Crippen LogP contribution in [-0.4, -0.2) is 47.2 Å². The Balaban J connectivity index is 1.61. The summed E-state index contributed by atoms with van der Waals surface area (Å²) in [5.74, 6) is -1.27.